The molecule has 8 atom stereocenters. The summed E-state index contributed by atoms with van der Waals surface area (Å²) in [6.07, 6.45) is -2.90. The van der Waals surface area contributed by atoms with Gasteiger partial charge >= 0.3 is 11.9 Å². The van der Waals surface area contributed by atoms with Gasteiger partial charge in [0.2, 0.25) is 0 Å². The molecule has 41 heavy (non-hydrogen) atoms. The molecule has 1 aromatic rings. The van der Waals surface area contributed by atoms with Crippen LogP contribution < -0.4 is 0 Å². The summed E-state index contributed by atoms with van der Waals surface area (Å²) in [5.74, 6) is -2.29. The van der Waals surface area contributed by atoms with Crippen LogP contribution in [-0.2, 0) is 23.9 Å². The van der Waals surface area contributed by atoms with Crippen LogP contribution >= 0.6 is 0 Å². The lowest BCUT2D eigenvalue weighted by atomic mass is 9.49. The van der Waals surface area contributed by atoms with Crippen molar-refractivity contribution in [2.24, 2.45) is 22.7 Å². The molecule has 224 valence electrons. The average molecular weight is 568 g/mol. The van der Waals surface area contributed by atoms with Gasteiger partial charge in [0, 0.05) is 36.6 Å². The molecule has 2 bridgehead atoms. The first-order valence-electron chi connectivity index (χ1n) is 14.5. The van der Waals surface area contributed by atoms with E-state index in [1.165, 1.54) is 6.92 Å². The zero-order valence-electron chi connectivity index (χ0n) is 25.3. The number of nitrogens with zero attached hydrogens (tertiary/aromatic N) is 1. The molecule has 2 saturated carbocycles. The lowest BCUT2D eigenvalue weighted by Gasteiger charge is -2.58. The number of carbonyl (C=O) groups is 3. The van der Waals surface area contributed by atoms with Gasteiger partial charge in [-0.2, -0.15) is 0 Å². The molecule has 3 aliphatic carbocycles. The monoisotopic (exact) mass is 567 g/mol. The average Bonchev–Trinajstić information content (AvgIpc) is 2.89. The number of aliphatic hydroxyl groups excluding tert-OH is 2. The highest BCUT2D eigenvalue weighted by Gasteiger charge is 2.62. The van der Waals surface area contributed by atoms with Gasteiger partial charge in [0.1, 0.15) is 18.3 Å². The van der Waals surface area contributed by atoms with Crippen molar-refractivity contribution in [2.45, 2.75) is 90.8 Å². The van der Waals surface area contributed by atoms with Crippen molar-refractivity contribution in [1.82, 2.24) is 4.90 Å². The van der Waals surface area contributed by atoms with Crippen molar-refractivity contribution in [1.29, 1.82) is 0 Å². The molecule has 0 saturated heterocycles. The number of rotatable bonds is 6. The molecule has 0 heterocycles. The number of esters is 2. The second kappa shape index (κ2) is 11.5. The fraction of sp³-hybridized carbons (Fsp3) is 0.606. The topological polar surface area (TPSA) is 113 Å². The van der Waals surface area contributed by atoms with Crippen molar-refractivity contribution in [3.05, 3.63) is 59.2 Å². The van der Waals surface area contributed by atoms with Crippen molar-refractivity contribution in [2.75, 3.05) is 14.1 Å². The molecule has 8 heteroatoms. The molecular formula is C33H45NO7. The van der Waals surface area contributed by atoms with Gasteiger partial charge in [0.25, 0.3) is 0 Å². The van der Waals surface area contributed by atoms with Gasteiger partial charge < -0.3 is 24.6 Å². The van der Waals surface area contributed by atoms with E-state index in [4.69, 9.17) is 9.47 Å². The van der Waals surface area contributed by atoms with Crippen LogP contribution in [0.25, 0.3) is 0 Å². The van der Waals surface area contributed by atoms with Crippen molar-refractivity contribution < 1.29 is 34.1 Å². The fourth-order valence-corrected chi connectivity index (χ4v) is 7.82. The number of allylic oxidation sites excluding steroid dienone is 1. The smallest absolute Gasteiger partial charge is 0.308 e. The van der Waals surface area contributed by atoms with Gasteiger partial charge in [0.05, 0.1) is 12.5 Å². The van der Waals surface area contributed by atoms with Crippen LogP contribution in [0.3, 0.4) is 0 Å². The number of carbonyl (C=O) groups excluding carboxylic acids is 3. The third kappa shape index (κ3) is 5.54. The van der Waals surface area contributed by atoms with Gasteiger partial charge in [-0.3, -0.25) is 14.4 Å². The lowest BCUT2D eigenvalue weighted by molar-refractivity contribution is -0.187. The predicted molar refractivity (Wildman–Crippen MR) is 155 cm³/mol. The third-order valence-electron chi connectivity index (χ3n) is 10.0. The van der Waals surface area contributed by atoms with E-state index >= 15 is 0 Å². The van der Waals surface area contributed by atoms with E-state index in [2.05, 4.69) is 6.58 Å². The Morgan fingerprint density at radius 2 is 1.76 bits per heavy atom. The Bertz CT molecular complexity index is 1240. The van der Waals surface area contributed by atoms with E-state index in [0.29, 0.717) is 29.6 Å². The second-order valence-corrected chi connectivity index (χ2v) is 13.1. The summed E-state index contributed by atoms with van der Waals surface area (Å²) in [6.45, 7) is 13.0. The summed E-state index contributed by atoms with van der Waals surface area (Å²) in [6, 6.07) is 9.58. The van der Waals surface area contributed by atoms with Gasteiger partial charge in [-0.1, -0.05) is 57.7 Å². The maximum atomic E-state index is 13.3. The van der Waals surface area contributed by atoms with Crippen LogP contribution in [0.5, 0.6) is 0 Å². The Labute approximate surface area is 243 Å². The molecule has 3 aliphatic rings. The minimum atomic E-state index is -1.24. The molecular weight excluding hydrogens is 522 g/mol. The standard InChI is InChI=1S/C33H45NO7/c1-18-24(36)16-22-29(38)28-19(2)25(41-26(37)17-23(34(7)8)21-12-10-9-11-13-21)14-15-33(28,6)31(40-20(3)35)30(39)27(18)32(22,4)5/h9-13,22-23,25,28-31,38-39H,2,14-17H2,1,3-8H3. The zero-order valence-corrected chi connectivity index (χ0v) is 25.3. The number of hydrogen-bond donors (Lipinski definition) is 2. The maximum absolute atomic E-state index is 13.3. The molecule has 4 rings (SSSR count). The van der Waals surface area contributed by atoms with Crippen LogP contribution in [0, 0.1) is 22.7 Å². The fourth-order valence-electron chi connectivity index (χ4n) is 7.82. The summed E-state index contributed by atoms with van der Waals surface area (Å²) in [7, 11) is 3.83. The minimum Gasteiger partial charge on any atom is -0.459 e. The van der Waals surface area contributed by atoms with Crippen LogP contribution in [0.4, 0.5) is 0 Å². The van der Waals surface area contributed by atoms with Crippen molar-refractivity contribution >= 4 is 17.7 Å². The van der Waals surface area contributed by atoms with Crippen LogP contribution in [0.1, 0.15) is 71.9 Å². The number of fused-ring (bicyclic) bond motifs is 3. The summed E-state index contributed by atoms with van der Waals surface area (Å²) in [5, 5.41) is 23.9. The summed E-state index contributed by atoms with van der Waals surface area (Å²) in [5.41, 5.74) is 0.819. The highest BCUT2D eigenvalue weighted by molar-refractivity contribution is 5.97. The summed E-state index contributed by atoms with van der Waals surface area (Å²) < 4.78 is 11.9. The lowest BCUT2D eigenvalue weighted by Crippen LogP contribution is -2.62. The van der Waals surface area contributed by atoms with Gasteiger partial charge in [0.15, 0.2) is 5.78 Å². The summed E-state index contributed by atoms with van der Waals surface area (Å²) in [4.78, 5) is 40.7. The van der Waals surface area contributed by atoms with Crippen LogP contribution in [-0.4, -0.2) is 71.3 Å². The number of hydrogen-bond acceptors (Lipinski definition) is 8. The quantitative estimate of drug-likeness (QED) is 0.389. The Morgan fingerprint density at radius 3 is 2.34 bits per heavy atom. The molecule has 2 N–H and O–H groups in total. The Kier molecular flexibility index (Phi) is 8.70. The third-order valence-corrected chi connectivity index (χ3v) is 10.0. The van der Waals surface area contributed by atoms with E-state index in [1.807, 2.05) is 70.1 Å². The maximum Gasteiger partial charge on any atom is 0.308 e. The normalized spacial score (nSPS) is 33.9. The highest BCUT2D eigenvalue weighted by Crippen LogP contribution is 2.59. The minimum absolute atomic E-state index is 0.125. The second-order valence-electron chi connectivity index (χ2n) is 13.1. The molecule has 0 radical (unpaired) electrons. The van der Waals surface area contributed by atoms with E-state index < -0.39 is 53.1 Å². The van der Waals surface area contributed by atoms with E-state index in [1.54, 1.807) is 6.92 Å². The Balaban J connectivity index is 1.68. The molecule has 2 fully saturated rings. The Morgan fingerprint density at radius 1 is 1.12 bits per heavy atom. The van der Waals surface area contributed by atoms with E-state index in [0.717, 1.165) is 5.56 Å². The number of ether oxygens (including phenoxy) is 2. The van der Waals surface area contributed by atoms with Crippen molar-refractivity contribution in [3.63, 3.8) is 0 Å². The molecule has 8 nitrogen and oxygen atoms in total. The number of Topliss-reactive ketones (excluding diaryl/α,β-unsaturated/α-hetero) is 1. The molecule has 1 aromatic carbocycles. The first-order chi connectivity index (χ1) is 19.1. The number of ketones is 1. The molecule has 0 aromatic heterocycles. The first-order valence-corrected chi connectivity index (χ1v) is 14.5. The largest absolute Gasteiger partial charge is 0.459 e. The Hall–Kier alpha value is -2.81. The van der Waals surface area contributed by atoms with Crippen molar-refractivity contribution in [3.8, 4) is 0 Å². The molecule has 0 spiro atoms. The molecule has 0 amide bonds. The SMILES string of the molecule is C=C1C(OC(=O)CC(c2ccccc2)N(C)C)CCC2(C)C(OC(C)=O)C(O)C3=C(C)C(=O)CC(C(O)C12)C3(C)C. The number of benzene rings is 1. The molecule has 0 aliphatic heterocycles. The van der Waals surface area contributed by atoms with Crippen LogP contribution in [0.2, 0.25) is 0 Å². The zero-order chi connectivity index (χ0) is 30.4. The predicted octanol–water partition coefficient (Wildman–Crippen LogP) is 4.16. The summed E-state index contributed by atoms with van der Waals surface area (Å²) >= 11 is 0. The number of aliphatic hydroxyl groups is 2. The van der Waals surface area contributed by atoms with Crippen LogP contribution in [0.15, 0.2) is 53.6 Å². The van der Waals surface area contributed by atoms with E-state index in [9.17, 15) is 24.6 Å². The first kappa shape index (κ1) is 31.1. The van der Waals surface area contributed by atoms with Gasteiger partial charge in [-0.15, -0.1) is 0 Å². The molecule has 8 unspecified atom stereocenters. The van der Waals surface area contributed by atoms with E-state index in [-0.39, 0.29) is 30.6 Å². The highest BCUT2D eigenvalue weighted by atomic mass is 16.6. The van der Waals surface area contributed by atoms with Gasteiger partial charge in [-0.25, -0.2) is 0 Å². The van der Waals surface area contributed by atoms with Gasteiger partial charge in [-0.05, 0) is 61.6 Å².